The van der Waals surface area contributed by atoms with Crippen LogP contribution in [0.4, 0.5) is 5.69 Å². The minimum Gasteiger partial charge on any atom is -0.306 e. The molecule has 0 aliphatic rings. The van der Waals surface area contributed by atoms with Crippen molar-refractivity contribution in [2.24, 2.45) is 4.99 Å². The lowest BCUT2D eigenvalue weighted by Crippen LogP contribution is -1.93. The summed E-state index contributed by atoms with van der Waals surface area (Å²) in [5.41, 5.74) is 3.25. The highest BCUT2D eigenvalue weighted by molar-refractivity contribution is 7.99. The molecule has 0 N–H and O–H groups in total. The van der Waals surface area contributed by atoms with E-state index in [4.69, 9.17) is 0 Å². The lowest BCUT2D eigenvalue weighted by molar-refractivity contribution is 1.06. The van der Waals surface area contributed by atoms with Gasteiger partial charge in [0, 0.05) is 29.5 Å². The number of hydrogen-bond acceptors (Lipinski definition) is 3. The summed E-state index contributed by atoms with van der Waals surface area (Å²) < 4.78 is 1.97. The second-order valence-electron chi connectivity index (χ2n) is 3.77. The molecule has 4 heteroatoms. The molecular weight excluding hydrogens is 230 g/mol. The molecule has 0 amide bonds. The van der Waals surface area contributed by atoms with E-state index < -0.39 is 0 Å². The molecule has 3 nitrogen and oxygen atoms in total. The van der Waals surface area contributed by atoms with E-state index in [0.717, 1.165) is 22.8 Å². The Bertz CT molecular complexity index is 486. The Morgan fingerprint density at radius 2 is 2.12 bits per heavy atom. The number of rotatable bonds is 4. The molecule has 1 heterocycles. The highest BCUT2D eigenvalue weighted by Gasteiger charge is 1.96. The van der Waals surface area contributed by atoms with Gasteiger partial charge >= 0.3 is 0 Å². The fourth-order valence-corrected chi connectivity index (χ4v) is 2.06. The maximum Gasteiger partial charge on any atom is 0.0991 e. The third kappa shape index (κ3) is 3.20. The van der Waals surface area contributed by atoms with Gasteiger partial charge in [-0.25, -0.2) is 4.98 Å². The highest BCUT2D eigenvalue weighted by Crippen LogP contribution is 2.16. The third-order valence-electron chi connectivity index (χ3n) is 2.33. The summed E-state index contributed by atoms with van der Waals surface area (Å²) in [7, 11) is 0. The molecule has 0 aliphatic heterocycles. The number of benzene rings is 1. The van der Waals surface area contributed by atoms with E-state index in [2.05, 4.69) is 23.2 Å². The average molecular weight is 245 g/mol. The first-order valence-corrected chi connectivity index (χ1v) is 6.80. The Morgan fingerprint density at radius 3 is 2.71 bits per heavy atom. The van der Waals surface area contributed by atoms with Gasteiger partial charge in [0.2, 0.25) is 0 Å². The maximum atomic E-state index is 4.54. The van der Waals surface area contributed by atoms with Gasteiger partial charge < -0.3 is 4.57 Å². The minimum atomic E-state index is 0.975. The van der Waals surface area contributed by atoms with Crippen LogP contribution in [0.2, 0.25) is 0 Å². The van der Waals surface area contributed by atoms with Crippen molar-refractivity contribution in [1.29, 1.82) is 0 Å². The molecule has 0 spiro atoms. The third-order valence-corrected chi connectivity index (χ3v) is 3.03. The highest BCUT2D eigenvalue weighted by atomic mass is 32.2. The van der Waals surface area contributed by atoms with Crippen molar-refractivity contribution in [3.63, 3.8) is 0 Å². The van der Waals surface area contributed by atoms with E-state index in [0.29, 0.717) is 0 Å². The quantitative estimate of drug-likeness (QED) is 0.773. The second-order valence-corrected chi connectivity index (χ2v) is 4.63. The van der Waals surface area contributed by atoms with Crippen LogP contribution in [-0.2, 0) is 0 Å². The van der Waals surface area contributed by atoms with Gasteiger partial charge in [0.05, 0.1) is 12.0 Å². The van der Waals surface area contributed by atoms with Gasteiger partial charge in [-0.3, -0.25) is 4.99 Å². The summed E-state index contributed by atoms with van der Waals surface area (Å²) in [5, 5.41) is 0. The van der Waals surface area contributed by atoms with E-state index in [1.807, 2.05) is 35.0 Å². The zero-order valence-electron chi connectivity index (χ0n) is 10.00. The minimum absolute atomic E-state index is 0.975. The summed E-state index contributed by atoms with van der Waals surface area (Å²) in [6, 6.07) is 8.15. The van der Waals surface area contributed by atoms with E-state index in [-0.39, 0.29) is 0 Å². The van der Waals surface area contributed by atoms with Crippen LogP contribution in [0.25, 0.3) is 5.69 Å². The molecule has 0 unspecified atom stereocenters. The Hall–Kier alpha value is -1.55. The topological polar surface area (TPSA) is 30.2 Å². The molecule has 2 rings (SSSR count). The molecule has 0 aliphatic carbocycles. The molecule has 17 heavy (non-hydrogen) atoms. The summed E-state index contributed by atoms with van der Waals surface area (Å²) in [6.45, 7) is 2.06. The molecule has 0 bridgehead atoms. The van der Waals surface area contributed by atoms with Gasteiger partial charge in [0.15, 0.2) is 0 Å². The Kier molecular flexibility index (Phi) is 3.98. The van der Waals surface area contributed by atoms with E-state index in [9.17, 15) is 0 Å². The van der Waals surface area contributed by atoms with Crippen molar-refractivity contribution in [3.05, 3.63) is 43.0 Å². The van der Waals surface area contributed by atoms with Crippen LogP contribution in [0.1, 0.15) is 6.92 Å². The SMILES string of the molecule is CSCC(C)=Nc1ccc(-n2ccnc2)cc1. The van der Waals surface area contributed by atoms with Gasteiger partial charge in [-0.2, -0.15) is 11.8 Å². The molecule has 0 saturated heterocycles. The zero-order chi connectivity index (χ0) is 12.1. The Labute approximate surface area is 106 Å². The number of aromatic nitrogens is 2. The van der Waals surface area contributed by atoms with Crippen LogP contribution >= 0.6 is 11.8 Å². The van der Waals surface area contributed by atoms with Crippen molar-refractivity contribution in [2.75, 3.05) is 12.0 Å². The van der Waals surface area contributed by atoms with Crippen molar-refractivity contribution in [1.82, 2.24) is 9.55 Å². The monoisotopic (exact) mass is 245 g/mol. The van der Waals surface area contributed by atoms with E-state index in [1.54, 1.807) is 24.3 Å². The molecule has 0 radical (unpaired) electrons. The average Bonchev–Trinajstić information content (AvgIpc) is 2.84. The predicted molar refractivity (Wildman–Crippen MR) is 74.7 cm³/mol. The Morgan fingerprint density at radius 1 is 1.35 bits per heavy atom. The lowest BCUT2D eigenvalue weighted by atomic mass is 10.3. The first kappa shape index (κ1) is 11.9. The molecular formula is C13H15N3S. The summed E-state index contributed by atoms with van der Waals surface area (Å²) in [6.07, 6.45) is 7.57. The van der Waals surface area contributed by atoms with Crippen LogP contribution in [0.5, 0.6) is 0 Å². The van der Waals surface area contributed by atoms with Gasteiger partial charge in [-0.15, -0.1) is 0 Å². The van der Waals surface area contributed by atoms with Crippen LogP contribution in [0.3, 0.4) is 0 Å². The number of hydrogen-bond donors (Lipinski definition) is 0. The van der Waals surface area contributed by atoms with Crippen molar-refractivity contribution in [3.8, 4) is 5.69 Å². The number of aliphatic imine (C=N–C) groups is 1. The van der Waals surface area contributed by atoms with E-state index >= 15 is 0 Å². The fraction of sp³-hybridized carbons (Fsp3) is 0.231. The molecule has 2 aromatic rings. The lowest BCUT2D eigenvalue weighted by Gasteiger charge is -2.03. The number of imidazole rings is 1. The maximum absolute atomic E-state index is 4.54. The second kappa shape index (κ2) is 5.68. The largest absolute Gasteiger partial charge is 0.306 e. The first-order valence-electron chi connectivity index (χ1n) is 5.41. The van der Waals surface area contributed by atoms with Crippen molar-refractivity contribution < 1.29 is 0 Å². The number of thioether (sulfide) groups is 1. The predicted octanol–water partition coefficient (Wildman–Crippen LogP) is 3.33. The summed E-state index contributed by atoms with van der Waals surface area (Å²) >= 11 is 1.79. The van der Waals surface area contributed by atoms with Gasteiger partial charge in [0.1, 0.15) is 0 Å². The van der Waals surface area contributed by atoms with Gasteiger partial charge in [0.25, 0.3) is 0 Å². The molecule has 88 valence electrons. The fourth-order valence-electron chi connectivity index (χ4n) is 1.57. The van der Waals surface area contributed by atoms with Crippen molar-refractivity contribution >= 4 is 23.2 Å². The molecule has 1 aromatic carbocycles. The smallest absolute Gasteiger partial charge is 0.0991 e. The normalized spacial score (nSPS) is 11.8. The van der Waals surface area contributed by atoms with Gasteiger partial charge in [-0.05, 0) is 37.4 Å². The zero-order valence-corrected chi connectivity index (χ0v) is 10.8. The molecule has 0 saturated carbocycles. The molecule has 0 atom stereocenters. The first-order chi connectivity index (χ1) is 8.29. The van der Waals surface area contributed by atoms with Crippen LogP contribution < -0.4 is 0 Å². The standard InChI is InChI=1S/C13H15N3S/c1-11(9-17-2)15-12-3-5-13(6-4-12)16-8-7-14-10-16/h3-8,10H,9H2,1-2H3. The van der Waals surface area contributed by atoms with Crippen molar-refractivity contribution in [2.45, 2.75) is 6.92 Å². The molecule has 0 fully saturated rings. The number of nitrogens with zero attached hydrogens (tertiary/aromatic N) is 3. The molecule has 1 aromatic heterocycles. The van der Waals surface area contributed by atoms with Gasteiger partial charge in [-0.1, -0.05) is 0 Å². The summed E-state index contributed by atoms with van der Waals surface area (Å²) in [5.74, 6) is 0.975. The van der Waals surface area contributed by atoms with Crippen LogP contribution in [0, 0.1) is 0 Å². The Balaban J connectivity index is 2.16. The van der Waals surface area contributed by atoms with Crippen LogP contribution in [0.15, 0.2) is 48.0 Å². The van der Waals surface area contributed by atoms with Crippen LogP contribution in [-0.4, -0.2) is 27.3 Å². The summed E-state index contributed by atoms with van der Waals surface area (Å²) in [4.78, 5) is 8.57. The van der Waals surface area contributed by atoms with E-state index in [1.165, 1.54) is 0 Å².